The van der Waals surface area contributed by atoms with Crippen molar-refractivity contribution in [1.82, 2.24) is 20.3 Å². The Balaban J connectivity index is 1.63. The van der Waals surface area contributed by atoms with Crippen molar-refractivity contribution in [2.45, 2.75) is 6.61 Å². The molecule has 0 aliphatic carbocycles. The standard InChI is InChI=1S/C17H16N4O6/c22-13-8-12(15(23)19-21-7-6-20(16(21)24)17(25)26)18-9-14(13)27-10-11-4-2-1-3-5-11/h1-5,8-9H,6-7,10H2,(H,18,22)(H,19,23)(H,25,26). The largest absolute Gasteiger partial charge is 0.483 e. The van der Waals surface area contributed by atoms with Crippen LogP contribution in [0.25, 0.3) is 0 Å². The smallest absolute Gasteiger partial charge is 0.415 e. The van der Waals surface area contributed by atoms with Crippen LogP contribution in [0.4, 0.5) is 9.59 Å². The van der Waals surface area contributed by atoms with Crippen LogP contribution in [0, 0.1) is 0 Å². The molecule has 1 aromatic carbocycles. The summed E-state index contributed by atoms with van der Waals surface area (Å²) in [5.41, 5.74) is 2.55. The highest BCUT2D eigenvalue weighted by molar-refractivity contribution is 5.96. The minimum absolute atomic E-state index is 0.0133. The summed E-state index contributed by atoms with van der Waals surface area (Å²) in [5.74, 6) is -0.702. The summed E-state index contributed by atoms with van der Waals surface area (Å²) < 4.78 is 5.44. The highest BCUT2D eigenvalue weighted by Gasteiger charge is 2.34. The number of rotatable bonds is 5. The fraction of sp³-hybridized carbons (Fsp3) is 0.176. The van der Waals surface area contributed by atoms with Gasteiger partial charge in [-0.05, 0) is 5.56 Å². The van der Waals surface area contributed by atoms with Crippen LogP contribution in [0.3, 0.4) is 0 Å². The molecule has 0 atom stereocenters. The summed E-state index contributed by atoms with van der Waals surface area (Å²) in [6, 6.07) is 9.45. The SMILES string of the molecule is O=C(NN1CCN(C(=O)O)C1=O)c1cc(=O)c(OCc2ccccc2)c[nH]1. The summed E-state index contributed by atoms with van der Waals surface area (Å²) in [7, 11) is 0. The first kappa shape index (κ1) is 18.0. The van der Waals surface area contributed by atoms with Crippen LogP contribution in [0.15, 0.2) is 47.4 Å². The highest BCUT2D eigenvalue weighted by Crippen LogP contribution is 2.09. The van der Waals surface area contributed by atoms with Gasteiger partial charge in [0.25, 0.3) is 5.91 Å². The van der Waals surface area contributed by atoms with Gasteiger partial charge >= 0.3 is 12.1 Å². The second kappa shape index (κ2) is 7.60. The van der Waals surface area contributed by atoms with Crippen LogP contribution in [0.1, 0.15) is 16.1 Å². The maximum absolute atomic E-state index is 12.2. The zero-order valence-corrected chi connectivity index (χ0v) is 14.0. The van der Waals surface area contributed by atoms with Crippen molar-refractivity contribution < 1.29 is 24.2 Å². The monoisotopic (exact) mass is 372 g/mol. The quantitative estimate of drug-likeness (QED) is 0.718. The lowest BCUT2D eigenvalue weighted by molar-refractivity contribution is 0.0838. The van der Waals surface area contributed by atoms with Gasteiger partial charge in [0.2, 0.25) is 5.43 Å². The van der Waals surface area contributed by atoms with Crippen molar-refractivity contribution in [3.63, 3.8) is 0 Å². The highest BCUT2D eigenvalue weighted by atomic mass is 16.5. The molecule has 1 aliphatic rings. The van der Waals surface area contributed by atoms with Crippen LogP contribution in [-0.4, -0.2) is 51.1 Å². The number of urea groups is 1. The summed E-state index contributed by atoms with van der Waals surface area (Å²) >= 11 is 0. The number of carbonyl (C=O) groups is 3. The molecule has 0 bridgehead atoms. The number of carboxylic acid groups (broad SMARTS) is 1. The van der Waals surface area contributed by atoms with E-state index in [2.05, 4.69) is 10.4 Å². The van der Waals surface area contributed by atoms with Gasteiger partial charge in [0, 0.05) is 12.3 Å². The van der Waals surface area contributed by atoms with Gasteiger partial charge in [-0.2, -0.15) is 0 Å². The van der Waals surface area contributed by atoms with Crippen molar-refractivity contribution in [3.05, 3.63) is 64.1 Å². The van der Waals surface area contributed by atoms with E-state index >= 15 is 0 Å². The summed E-state index contributed by atoms with van der Waals surface area (Å²) in [6.45, 7) is 0.152. The Morgan fingerprint density at radius 2 is 1.93 bits per heavy atom. The van der Waals surface area contributed by atoms with E-state index in [0.29, 0.717) is 4.90 Å². The molecule has 4 amide bonds. The predicted octanol–water partition coefficient (Wildman–Crippen LogP) is 1.01. The van der Waals surface area contributed by atoms with Crippen molar-refractivity contribution >= 4 is 18.0 Å². The molecule has 0 spiro atoms. The number of nitrogens with zero attached hydrogens (tertiary/aromatic N) is 2. The molecular formula is C17H16N4O6. The maximum Gasteiger partial charge on any atom is 0.415 e. The first-order valence-corrected chi connectivity index (χ1v) is 7.98. The van der Waals surface area contributed by atoms with Crippen LogP contribution in [-0.2, 0) is 6.61 Å². The fourth-order valence-corrected chi connectivity index (χ4v) is 2.44. The molecule has 27 heavy (non-hydrogen) atoms. The molecule has 140 valence electrons. The Kier molecular flexibility index (Phi) is 5.06. The third-order valence-electron chi connectivity index (χ3n) is 3.84. The molecule has 1 aromatic heterocycles. The fourth-order valence-electron chi connectivity index (χ4n) is 2.44. The van der Waals surface area contributed by atoms with E-state index in [1.165, 1.54) is 6.20 Å². The lowest BCUT2D eigenvalue weighted by Crippen LogP contribution is -2.46. The Hall–Kier alpha value is -3.82. The van der Waals surface area contributed by atoms with Crippen LogP contribution in [0.2, 0.25) is 0 Å². The van der Waals surface area contributed by atoms with Gasteiger partial charge in [0.15, 0.2) is 5.75 Å². The number of hydrazine groups is 1. The molecule has 1 aliphatic heterocycles. The number of aromatic amines is 1. The average Bonchev–Trinajstić information content (AvgIpc) is 3.02. The third kappa shape index (κ3) is 4.06. The molecule has 2 aromatic rings. The van der Waals surface area contributed by atoms with Crippen molar-refractivity contribution in [3.8, 4) is 5.75 Å². The Labute approximate surface area is 152 Å². The summed E-state index contributed by atoms with van der Waals surface area (Å²) in [5, 5.41) is 9.73. The molecule has 3 rings (SSSR count). The summed E-state index contributed by atoms with van der Waals surface area (Å²) in [4.78, 5) is 50.2. The molecule has 0 radical (unpaired) electrons. The summed E-state index contributed by atoms with van der Waals surface area (Å²) in [6.07, 6.45) is -0.139. The Morgan fingerprint density at radius 1 is 1.19 bits per heavy atom. The molecule has 2 heterocycles. The number of amides is 4. The van der Waals surface area contributed by atoms with Crippen molar-refractivity contribution in [2.75, 3.05) is 13.1 Å². The lowest BCUT2D eigenvalue weighted by Gasteiger charge is -2.16. The topological polar surface area (TPSA) is 132 Å². The van der Waals surface area contributed by atoms with E-state index in [-0.39, 0.29) is 31.1 Å². The molecule has 1 saturated heterocycles. The van der Waals surface area contributed by atoms with Crippen LogP contribution < -0.4 is 15.6 Å². The van der Waals surface area contributed by atoms with E-state index < -0.39 is 23.5 Å². The van der Waals surface area contributed by atoms with Crippen molar-refractivity contribution in [1.29, 1.82) is 0 Å². The number of aromatic nitrogens is 1. The van der Waals surface area contributed by atoms with Gasteiger partial charge in [-0.25, -0.2) is 19.5 Å². The number of carbonyl (C=O) groups excluding carboxylic acids is 2. The number of hydrogen-bond donors (Lipinski definition) is 3. The molecule has 10 heteroatoms. The minimum atomic E-state index is -1.40. The Morgan fingerprint density at radius 3 is 2.56 bits per heavy atom. The zero-order chi connectivity index (χ0) is 19.4. The number of imide groups is 1. The first-order valence-electron chi connectivity index (χ1n) is 7.98. The number of benzene rings is 1. The molecule has 10 nitrogen and oxygen atoms in total. The number of pyridine rings is 1. The molecular weight excluding hydrogens is 356 g/mol. The van der Waals surface area contributed by atoms with Gasteiger partial charge < -0.3 is 14.8 Å². The number of ether oxygens (including phenoxy) is 1. The van der Waals surface area contributed by atoms with Gasteiger partial charge in [-0.15, -0.1) is 0 Å². The van der Waals surface area contributed by atoms with Crippen LogP contribution in [0.5, 0.6) is 5.75 Å². The lowest BCUT2D eigenvalue weighted by atomic mass is 10.2. The molecule has 0 saturated carbocycles. The average molecular weight is 372 g/mol. The van der Waals surface area contributed by atoms with Gasteiger partial charge in [0.05, 0.1) is 13.1 Å². The Bertz CT molecular complexity index is 927. The van der Waals surface area contributed by atoms with Gasteiger partial charge in [-0.1, -0.05) is 30.3 Å². The predicted molar refractivity (Wildman–Crippen MR) is 92.1 cm³/mol. The third-order valence-corrected chi connectivity index (χ3v) is 3.84. The zero-order valence-electron chi connectivity index (χ0n) is 14.0. The normalized spacial score (nSPS) is 13.6. The van der Waals surface area contributed by atoms with Gasteiger partial charge in [0.1, 0.15) is 12.3 Å². The maximum atomic E-state index is 12.2. The van der Waals surface area contributed by atoms with Crippen molar-refractivity contribution in [2.24, 2.45) is 0 Å². The minimum Gasteiger partial charge on any atom is -0.483 e. The van der Waals surface area contributed by atoms with E-state index in [9.17, 15) is 19.2 Å². The van der Waals surface area contributed by atoms with E-state index in [1.54, 1.807) is 0 Å². The van der Waals surface area contributed by atoms with E-state index in [1.807, 2.05) is 30.3 Å². The second-order valence-corrected chi connectivity index (χ2v) is 5.66. The second-order valence-electron chi connectivity index (χ2n) is 5.66. The number of nitrogens with one attached hydrogen (secondary N) is 2. The molecule has 3 N–H and O–H groups in total. The molecule has 0 unspecified atom stereocenters. The van der Waals surface area contributed by atoms with E-state index in [4.69, 9.17) is 9.84 Å². The molecule has 1 fully saturated rings. The number of hydrogen-bond acceptors (Lipinski definition) is 5. The van der Waals surface area contributed by atoms with E-state index in [0.717, 1.165) is 16.6 Å². The van der Waals surface area contributed by atoms with Crippen LogP contribution >= 0.6 is 0 Å². The van der Waals surface area contributed by atoms with Gasteiger partial charge in [-0.3, -0.25) is 15.0 Å². The first-order chi connectivity index (χ1) is 13.0. The number of H-pyrrole nitrogens is 1.